The first-order chi connectivity index (χ1) is 8.82. The first kappa shape index (κ1) is 16.2. The predicted octanol–water partition coefficient (Wildman–Crippen LogP) is 3.78. The lowest BCUT2D eigenvalue weighted by Gasteiger charge is -2.36. The van der Waals surface area contributed by atoms with Crippen molar-refractivity contribution in [3.63, 3.8) is 0 Å². The van der Waals surface area contributed by atoms with Crippen LogP contribution in [0.4, 0.5) is 0 Å². The molecule has 0 aliphatic heterocycles. The predicted molar refractivity (Wildman–Crippen MR) is 82.3 cm³/mol. The van der Waals surface area contributed by atoms with E-state index in [0.717, 1.165) is 12.1 Å². The minimum Gasteiger partial charge on any atom is -0.387 e. The Labute approximate surface area is 118 Å². The van der Waals surface area contributed by atoms with Crippen LogP contribution in [0.2, 0.25) is 0 Å². The van der Waals surface area contributed by atoms with E-state index in [2.05, 4.69) is 58.6 Å². The lowest BCUT2D eigenvalue weighted by molar-refractivity contribution is 0.0332. The van der Waals surface area contributed by atoms with Gasteiger partial charge in [0.05, 0.1) is 6.10 Å². The third-order valence-corrected chi connectivity index (χ3v) is 3.64. The molecular formula is C17H29NO. The van der Waals surface area contributed by atoms with E-state index < -0.39 is 6.10 Å². The van der Waals surface area contributed by atoms with Gasteiger partial charge in [0, 0.05) is 18.6 Å². The molecule has 2 atom stereocenters. The number of hydrogen-bond donors (Lipinski definition) is 1. The van der Waals surface area contributed by atoms with Crippen LogP contribution in [0, 0.1) is 12.8 Å². The summed E-state index contributed by atoms with van der Waals surface area (Å²) in [5, 5.41) is 10.6. The summed E-state index contributed by atoms with van der Waals surface area (Å²) in [4.78, 5) is 2.38. The van der Waals surface area contributed by atoms with Crippen LogP contribution in [0.5, 0.6) is 0 Å². The maximum atomic E-state index is 10.6. The van der Waals surface area contributed by atoms with Gasteiger partial charge >= 0.3 is 0 Å². The van der Waals surface area contributed by atoms with E-state index in [4.69, 9.17) is 0 Å². The van der Waals surface area contributed by atoms with Gasteiger partial charge in [0.15, 0.2) is 0 Å². The molecule has 0 fully saturated rings. The largest absolute Gasteiger partial charge is 0.387 e. The third kappa shape index (κ3) is 4.63. The van der Waals surface area contributed by atoms with Gasteiger partial charge < -0.3 is 5.11 Å². The summed E-state index contributed by atoms with van der Waals surface area (Å²) in [6.07, 6.45) is -0.429. The molecule has 0 aliphatic rings. The van der Waals surface area contributed by atoms with E-state index >= 15 is 0 Å². The Balaban J connectivity index is 2.83. The van der Waals surface area contributed by atoms with Crippen LogP contribution in [0.3, 0.4) is 0 Å². The SMILES string of the molecule is Cc1ccc(C(O)C(C)N(CC(C)C)C(C)C)cc1. The second kappa shape index (κ2) is 7.06. The zero-order valence-electron chi connectivity index (χ0n) is 13.2. The summed E-state index contributed by atoms with van der Waals surface area (Å²) >= 11 is 0. The Morgan fingerprint density at radius 1 is 1.00 bits per heavy atom. The van der Waals surface area contributed by atoms with Gasteiger partial charge in [-0.2, -0.15) is 0 Å². The molecule has 0 saturated carbocycles. The molecule has 2 unspecified atom stereocenters. The summed E-state index contributed by atoms with van der Waals surface area (Å²) in [6, 6.07) is 8.76. The average Bonchev–Trinajstić information content (AvgIpc) is 2.34. The Kier molecular flexibility index (Phi) is 6.02. The fraction of sp³-hybridized carbons (Fsp3) is 0.647. The van der Waals surface area contributed by atoms with Crippen molar-refractivity contribution in [1.82, 2.24) is 4.90 Å². The van der Waals surface area contributed by atoms with Gasteiger partial charge in [-0.15, -0.1) is 0 Å². The molecule has 2 heteroatoms. The average molecular weight is 263 g/mol. The van der Waals surface area contributed by atoms with E-state index in [1.54, 1.807) is 0 Å². The molecule has 0 aliphatic carbocycles. The van der Waals surface area contributed by atoms with Crippen molar-refractivity contribution in [3.05, 3.63) is 35.4 Å². The number of aliphatic hydroxyl groups is 1. The molecule has 0 amide bonds. The minimum absolute atomic E-state index is 0.130. The summed E-state index contributed by atoms with van der Waals surface area (Å²) in [7, 11) is 0. The minimum atomic E-state index is -0.429. The molecule has 0 heterocycles. The van der Waals surface area contributed by atoms with Gasteiger partial charge in [0.2, 0.25) is 0 Å². The van der Waals surface area contributed by atoms with Crippen LogP contribution < -0.4 is 0 Å². The quantitative estimate of drug-likeness (QED) is 0.844. The molecule has 19 heavy (non-hydrogen) atoms. The van der Waals surface area contributed by atoms with E-state index in [1.165, 1.54) is 5.56 Å². The molecule has 1 aromatic carbocycles. The van der Waals surface area contributed by atoms with E-state index in [-0.39, 0.29) is 6.04 Å². The second-order valence-electron chi connectivity index (χ2n) is 6.28. The van der Waals surface area contributed by atoms with Crippen molar-refractivity contribution >= 4 is 0 Å². The van der Waals surface area contributed by atoms with Crippen LogP contribution >= 0.6 is 0 Å². The fourth-order valence-corrected chi connectivity index (χ4v) is 2.49. The van der Waals surface area contributed by atoms with Crippen LogP contribution in [-0.2, 0) is 0 Å². The van der Waals surface area contributed by atoms with Gasteiger partial charge in [-0.25, -0.2) is 0 Å². The highest BCUT2D eigenvalue weighted by Gasteiger charge is 2.25. The van der Waals surface area contributed by atoms with E-state index in [0.29, 0.717) is 12.0 Å². The Bertz CT molecular complexity index is 369. The van der Waals surface area contributed by atoms with Crippen molar-refractivity contribution in [3.8, 4) is 0 Å². The van der Waals surface area contributed by atoms with Crippen molar-refractivity contribution in [2.24, 2.45) is 5.92 Å². The molecule has 2 nitrogen and oxygen atoms in total. The van der Waals surface area contributed by atoms with E-state index in [1.807, 2.05) is 12.1 Å². The first-order valence-electron chi connectivity index (χ1n) is 7.33. The number of aliphatic hydroxyl groups excluding tert-OH is 1. The van der Waals surface area contributed by atoms with Crippen molar-refractivity contribution in [1.29, 1.82) is 0 Å². The number of hydrogen-bond acceptors (Lipinski definition) is 2. The maximum Gasteiger partial charge on any atom is 0.0942 e. The van der Waals surface area contributed by atoms with Gasteiger partial charge in [-0.05, 0) is 39.2 Å². The van der Waals surface area contributed by atoms with Crippen LogP contribution in [0.15, 0.2) is 24.3 Å². The highest BCUT2D eigenvalue weighted by molar-refractivity contribution is 5.24. The molecule has 1 rings (SSSR count). The molecule has 0 aromatic heterocycles. The second-order valence-corrected chi connectivity index (χ2v) is 6.28. The first-order valence-corrected chi connectivity index (χ1v) is 7.33. The molecule has 1 N–H and O–H groups in total. The van der Waals surface area contributed by atoms with Crippen molar-refractivity contribution in [2.75, 3.05) is 6.54 Å². The van der Waals surface area contributed by atoms with Crippen molar-refractivity contribution in [2.45, 2.75) is 59.7 Å². The standard InChI is InChI=1S/C17H29NO/c1-12(2)11-18(13(3)4)15(6)17(19)16-9-7-14(5)8-10-16/h7-10,12-13,15,17,19H,11H2,1-6H3. The molecule has 0 radical (unpaired) electrons. The smallest absolute Gasteiger partial charge is 0.0942 e. The summed E-state index contributed by atoms with van der Waals surface area (Å²) < 4.78 is 0. The molecule has 108 valence electrons. The summed E-state index contributed by atoms with van der Waals surface area (Å²) in [6.45, 7) is 14.0. The topological polar surface area (TPSA) is 23.5 Å². The van der Waals surface area contributed by atoms with Crippen LogP contribution in [-0.4, -0.2) is 28.6 Å². The Morgan fingerprint density at radius 2 is 1.53 bits per heavy atom. The monoisotopic (exact) mass is 263 g/mol. The highest BCUT2D eigenvalue weighted by Crippen LogP contribution is 2.23. The molecule has 0 spiro atoms. The zero-order chi connectivity index (χ0) is 14.6. The van der Waals surface area contributed by atoms with Crippen LogP contribution in [0.25, 0.3) is 0 Å². The normalized spacial score (nSPS) is 15.3. The van der Waals surface area contributed by atoms with Gasteiger partial charge in [-0.3, -0.25) is 4.90 Å². The maximum absolute atomic E-state index is 10.6. The lowest BCUT2D eigenvalue weighted by Crippen LogP contribution is -2.44. The Morgan fingerprint density at radius 3 is 1.95 bits per heavy atom. The van der Waals surface area contributed by atoms with Gasteiger partial charge in [0.25, 0.3) is 0 Å². The van der Waals surface area contributed by atoms with Gasteiger partial charge in [0.1, 0.15) is 0 Å². The highest BCUT2D eigenvalue weighted by atomic mass is 16.3. The van der Waals surface area contributed by atoms with Gasteiger partial charge in [-0.1, -0.05) is 43.7 Å². The molecule has 0 saturated heterocycles. The number of rotatable bonds is 6. The van der Waals surface area contributed by atoms with Crippen LogP contribution in [0.1, 0.15) is 51.8 Å². The third-order valence-electron chi connectivity index (χ3n) is 3.64. The molecule has 0 bridgehead atoms. The van der Waals surface area contributed by atoms with E-state index in [9.17, 15) is 5.11 Å². The molecule has 1 aromatic rings. The molecular weight excluding hydrogens is 234 g/mol. The number of benzene rings is 1. The Hall–Kier alpha value is -0.860. The zero-order valence-corrected chi connectivity index (χ0v) is 13.2. The summed E-state index contributed by atoms with van der Waals surface area (Å²) in [5.41, 5.74) is 2.24. The number of aryl methyl sites for hydroxylation is 1. The van der Waals surface area contributed by atoms with Crippen molar-refractivity contribution < 1.29 is 5.11 Å². The number of nitrogens with zero attached hydrogens (tertiary/aromatic N) is 1. The summed E-state index contributed by atoms with van der Waals surface area (Å²) in [5.74, 6) is 0.607. The fourth-order valence-electron chi connectivity index (χ4n) is 2.49. The lowest BCUT2D eigenvalue weighted by atomic mass is 9.99.